The van der Waals surface area contributed by atoms with Gasteiger partial charge in [0, 0.05) is 31.5 Å². The Morgan fingerprint density at radius 2 is 1.61 bits per heavy atom. The van der Waals surface area contributed by atoms with Crippen molar-refractivity contribution in [1.82, 2.24) is 10.1 Å². The number of sulfonamides is 1. The highest BCUT2D eigenvalue weighted by atomic mass is 32.2. The molecular weight excluding hydrogens is 446 g/mol. The number of carbonyl (C=O) groups is 1. The summed E-state index contributed by atoms with van der Waals surface area (Å²) < 4.78 is 91.2. The lowest BCUT2D eigenvalue weighted by molar-refractivity contribution is -0.120. The number of benzene rings is 2. The van der Waals surface area contributed by atoms with E-state index >= 15 is 0 Å². The molecule has 1 aliphatic heterocycles. The van der Waals surface area contributed by atoms with E-state index in [9.17, 15) is 30.8 Å². The molecule has 0 saturated carbocycles. The quantitative estimate of drug-likeness (QED) is 0.330. The van der Waals surface area contributed by atoms with Crippen LogP contribution >= 0.6 is 0 Å². The van der Waals surface area contributed by atoms with E-state index in [1.54, 1.807) is 5.43 Å². The summed E-state index contributed by atoms with van der Waals surface area (Å²) in [5.41, 5.74) is 2.36. The fourth-order valence-corrected chi connectivity index (χ4v) is 3.62. The summed E-state index contributed by atoms with van der Waals surface area (Å²) in [5, 5.41) is 0. The van der Waals surface area contributed by atoms with Crippen molar-refractivity contribution in [3.8, 4) is 11.5 Å². The van der Waals surface area contributed by atoms with E-state index in [0.717, 1.165) is 0 Å². The van der Waals surface area contributed by atoms with Crippen molar-refractivity contribution < 1.29 is 40.2 Å². The number of nitrogens with one attached hydrogen (secondary N) is 3. The predicted octanol–water partition coefficient (Wildman–Crippen LogP) is 2.22. The lowest BCUT2D eigenvalue weighted by Crippen LogP contribution is -2.34. The smallest absolute Gasteiger partial charge is 0.240 e. The van der Waals surface area contributed by atoms with Crippen molar-refractivity contribution in [1.29, 1.82) is 0 Å². The highest BCUT2D eigenvalue weighted by Gasteiger charge is 2.21. The third-order valence-electron chi connectivity index (χ3n) is 4.11. The summed E-state index contributed by atoms with van der Waals surface area (Å²) in [6.07, 6.45) is 0.200. The summed E-state index contributed by atoms with van der Waals surface area (Å²) >= 11 is 0. The Bertz CT molecular complexity index is 1070. The molecule has 0 atom stereocenters. The van der Waals surface area contributed by atoms with Crippen molar-refractivity contribution in [3.05, 3.63) is 47.5 Å². The van der Waals surface area contributed by atoms with E-state index in [2.05, 4.69) is 4.72 Å². The number of hydrazine groups is 1. The molecule has 1 aliphatic rings. The van der Waals surface area contributed by atoms with Gasteiger partial charge in [0.05, 0.1) is 18.1 Å². The molecule has 0 radical (unpaired) electrons. The Kier molecular flexibility index (Phi) is 6.85. The first-order chi connectivity index (χ1) is 14.7. The molecule has 31 heavy (non-hydrogen) atoms. The molecule has 2 aromatic rings. The van der Waals surface area contributed by atoms with Crippen LogP contribution in [0.5, 0.6) is 11.5 Å². The number of hydrogen-bond donors (Lipinski definition) is 3. The Morgan fingerprint density at radius 3 is 2.29 bits per heavy atom. The van der Waals surface area contributed by atoms with Gasteiger partial charge in [-0.05, 0) is 12.1 Å². The maximum absolute atomic E-state index is 13.5. The van der Waals surface area contributed by atoms with Crippen LogP contribution in [-0.2, 0) is 14.8 Å². The molecule has 2 aromatic carbocycles. The number of carbonyl (C=O) groups excluding carboxylic acids is 1. The first-order valence-electron chi connectivity index (χ1n) is 8.96. The summed E-state index contributed by atoms with van der Waals surface area (Å²) in [4.78, 5) is 11.7. The molecule has 13 heteroatoms. The third-order valence-corrected chi connectivity index (χ3v) is 5.57. The average Bonchev–Trinajstić information content (AvgIpc) is 2.97. The van der Waals surface area contributed by atoms with E-state index in [1.165, 1.54) is 18.2 Å². The fraction of sp³-hybridized carbons (Fsp3) is 0.278. The van der Waals surface area contributed by atoms with Crippen LogP contribution in [0.25, 0.3) is 0 Å². The fourth-order valence-electron chi connectivity index (χ4n) is 2.57. The SMILES string of the molecule is O=C(CCNS(=O)(=O)c1ccc2c(c1)OCCCO2)NNc1c(F)c(F)cc(F)c1F. The minimum Gasteiger partial charge on any atom is -0.490 e. The molecule has 0 fully saturated rings. The van der Waals surface area contributed by atoms with Gasteiger partial charge in [-0.1, -0.05) is 0 Å². The van der Waals surface area contributed by atoms with E-state index < -0.39 is 51.3 Å². The average molecular weight is 463 g/mol. The summed E-state index contributed by atoms with van der Waals surface area (Å²) in [5.74, 6) is -6.98. The number of anilines is 1. The summed E-state index contributed by atoms with van der Waals surface area (Å²) in [6, 6.07) is 4.06. The van der Waals surface area contributed by atoms with Gasteiger partial charge in [-0.25, -0.2) is 30.7 Å². The van der Waals surface area contributed by atoms with Gasteiger partial charge in [0.15, 0.2) is 34.8 Å². The van der Waals surface area contributed by atoms with Crippen LogP contribution < -0.4 is 25.0 Å². The number of fused-ring (bicyclic) bond motifs is 1. The van der Waals surface area contributed by atoms with E-state index in [1.807, 2.05) is 5.43 Å². The number of hydrogen-bond acceptors (Lipinski definition) is 6. The van der Waals surface area contributed by atoms with E-state index in [0.29, 0.717) is 25.4 Å². The monoisotopic (exact) mass is 463 g/mol. The standard InChI is InChI=1S/C18H17F4N3O5S/c19-11-9-12(20)17(22)18(16(11)21)25-24-15(26)4-5-23-31(27,28)10-2-3-13-14(8-10)30-7-1-6-29-13/h2-3,8-9,23,25H,1,4-7H2,(H,24,26). The molecule has 0 aromatic heterocycles. The number of halogens is 4. The number of rotatable bonds is 7. The molecular formula is C18H17F4N3O5S. The zero-order valence-corrected chi connectivity index (χ0v) is 16.6. The highest BCUT2D eigenvalue weighted by molar-refractivity contribution is 7.89. The van der Waals surface area contributed by atoms with Gasteiger partial charge in [-0.15, -0.1) is 0 Å². The Hall–Kier alpha value is -3.06. The molecule has 1 heterocycles. The molecule has 1 amide bonds. The molecule has 168 valence electrons. The number of amides is 1. The minimum atomic E-state index is -4.00. The number of ether oxygens (including phenoxy) is 2. The van der Waals surface area contributed by atoms with E-state index in [4.69, 9.17) is 9.47 Å². The highest BCUT2D eigenvalue weighted by Crippen LogP contribution is 2.31. The van der Waals surface area contributed by atoms with Crippen LogP contribution in [0.15, 0.2) is 29.2 Å². The molecule has 0 spiro atoms. The first-order valence-corrected chi connectivity index (χ1v) is 10.4. The van der Waals surface area contributed by atoms with Crippen molar-refractivity contribution >= 4 is 21.6 Å². The Labute approximate surface area is 174 Å². The molecule has 0 aliphatic carbocycles. The second-order valence-electron chi connectivity index (χ2n) is 6.32. The normalized spacial score (nSPS) is 13.4. The van der Waals surface area contributed by atoms with Gasteiger partial charge < -0.3 is 9.47 Å². The van der Waals surface area contributed by atoms with Gasteiger partial charge in [-0.3, -0.25) is 15.6 Å². The topological polar surface area (TPSA) is 106 Å². The lowest BCUT2D eigenvalue weighted by Gasteiger charge is -2.12. The third kappa shape index (κ3) is 5.35. The van der Waals surface area contributed by atoms with Crippen LogP contribution in [0.3, 0.4) is 0 Å². The molecule has 8 nitrogen and oxygen atoms in total. The maximum Gasteiger partial charge on any atom is 0.240 e. The van der Waals surface area contributed by atoms with Gasteiger partial charge in [0.2, 0.25) is 15.9 Å². The molecule has 0 bridgehead atoms. The zero-order chi connectivity index (χ0) is 22.6. The zero-order valence-electron chi connectivity index (χ0n) is 15.8. The largest absolute Gasteiger partial charge is 0.490 e. The second-order valence-corrected chi connectivity index (χ2v) is 8.09. The lowest BCUT2D eigenvalue weighted by atomic mass is 10.2. The van der Waals surface area contributed by atoms with E-state index in [-0.39, 0.29) is 23.3 Å². The molecule has 0 saturated heterocycles. The van der Waals surface area contributed by atoms with Gasteiger partial charge in [0.1, 0.15) is 5.69 Å². The Morgan fingerprint density at radius 1 is 0.968 bits per heavy atom. The predicted molar refractivity (Wildman–Crippen MR) is 99.9 cm³/mol. The summed E-state index contributed by atoms with van der Waals surface area (Å²) in [6.45, 7) is 0.441. The van der Waals surface area contributed by atoms with Crippen molar-refractivity contribution in [2.45, 2.75) is 17.7 Å². The Balaban J connectivity index is 1.55. The van der Waals surface area contributed by atoms with Crippen molar-refractivity contribution in [3.63, 3.8) is 0 Å². The van der Waals surface area contributed by atoms with Crippen LogP contribution in [0.4, 0.5) is 23.2 Å². The van der Waals surface area contributed by atoms with Crippen molar-refractivity contribution in [2.75, 3.05) is 25.2 Å². The molecule has 3 rings (SSSR count). The van der Waals surface area contributed by atoms with Crippen LogP contribution in [-0.4, -0.2) is 34.1 Å². The second kappa shape index (κ2) is 9.39. The minimum absolute atomic E-state index is 0.0199. The van der Waals surface area contributed by atoms with Crippen molar-refractivity contribution in [2.24, 2.45) is 0 Å². The van der Waals surface area contributed by atoms with Gasteiger partial charge in [-0.2, -0.15) is 0 Å². The van der Waals surface area contributed by atoms with Crippen LogP contribution in [0.2, 0.25) is 0 Å². The van der Waals surface area contributed by atoms with Crippen LogP contribution in [0, 0.1) is 23.3 Å². The molecule has 3 N–H and O–H groups in total. The molecule has 0 unspecified atom stereocenters. The summed E-state index contributed by atoms with van der Waals surface area (Å²) in [7, 11) is -4.00. The van der Waals surface area contributed by atoms with Gasteiger partial charge >= 0.3 is 0 Å². The first kappa shape index (κ1) is 22.6. The maximum atomic E-state index is 13.5. The van der Waals surface area contributed by atoms with Crippen LogP contribution in [0.1, 0.15) is 12.8 Å². The van der Waals surface area contributed by atoms with Gasteiger partial charge in [0.25, 0.3) is 0 Å².